The molecule has 16 heavy (non-hydrogen) atoms. The van der Waals surface area contributed by atoms with Crippen molar-refractivity contribution in [3.8, 4) is 0 Å². The maximum absolute atomic E-state index is 11.8. The largest absolute Gasteiger partial charge is 0.304 e. The van der Waals surface area contributed by atoms with E-state index < -0.39 is 0 Å². The number of nitrogens with zero attached hydrogens (tertiary/aromatic N) is 2. The van der Waals surface area contributed by atoms with Crippen LogP contribution in [0, 0.1) is 5.92 Å². The molecule has 0 aromatic heterocycles. The maximum atomic E-state index is 11.8. The number of likely N-dealkylation sites (N-methyl/N-ethyl adjacent to an activating group) is 2. The van der Waals surface area contributed by atoms with Gasteiger partial charge in [-0.15, -0.1) is 0 Å². The van der Waals surface area contributed by atoms with Crippen LogP contribution in [-0.4, -0.2) is 55.4 Å². The minimum absolute atomic E-state index is 0.429. The number of piperazine rings is 1. The van der Waals surface area contributed by atoms with E-state index in [4.69, 9.17) is 0 Å². The van der Waals surface area contributed by atoms with Gasteiger partial charge in [0.15, 0.2) is 0 Å². The fourth-order valence-electron chi connectivity index (χ4n) is 2.14. The van der Waals surface area contributed by atoms with Crippen molar-refractivity contribution >= 4 is 5.78 Å². The summed E-state index contributed by atoms with van der Waals surface area (Å²) in [6, 6.07) is 0.429. The molecule has 3 heteroatoms. The van der Waals surface area contributed by atoms with Gasteiger partial charge in [-0.25, -0.2) is 0 Å². The predicted molar refractivity (Wildman–Crippen MR) is 67.6 cm³/mol. The molecular formula is C13H26N2O. The number of ketones is 1. The Hall–Kier alpha value is -0.410. The molecule has 0 aliphatic carbocycles. The molecule has 1 saturated heterocycles. The van der Waals surface area contributed by atoms with Gasteiger partial charge in [-0.2, -0.15) is 0 Å². The Balaban J connectivity index is 2.31. The Morgan fingerprint density at radius 2 is 2.00 bits per heavy atom. The zero-order chi connectivity index (χ0) is 12.1. The zero-order valence-electron chi connectivity index (χ0n) is 11.2. The van der Waals surface area contributed by atoms with E-state index in [9.17, 15) is 4.79 Å². The molecule has 0 aromatic rings. The zero-order valence-corrected chi connectivity index (χ0v) is 11.2. The van der Waals surface area contributed by atoms with Gasteiger partial charge in [0, 0.05) is 38.5 Å². The molecule has 1 atom stereocenters. The van der Waals surface area contributed by atoms with Crippen LogP contribution in [0.15, 0.2) is 0 Å². The van der Waals surface area contributed by atoms with Crippen molar-refractivity contribution in [2.45, 2.75) is 39.2 Å². The van der Waals surface area contributed by atoms with E-state index in [1.54, 1.807) is 0 Å². The number of hydrogen-bond donors (Lipinski definition) is 0. The number of carbonyl (C=O) groups excluding carboxylic acids is 1. The highest BCUT2D eigenvalue weighted by Gasteiger charge is 2.24. The Morgan fingerprint density at radius 3 is 2.62 bits per heavy atom. The van der Waals surface area contributed by atoms with Crippen LogP contribution < -0.4 is 0 Å². The second-order valence-electron chi connectivity index (χ2n) is 5.57. The summed E-state index contributed by atoms with van der Waals surface area (Å²) >= 11 is 0. The Bertz CT molecular complexity index is 228. The lowest BCUT2D eigenvalue weighted by atomic mass is 10.00. The van der Waals surface area contributed by atoms with E-state index in [0.29, 0.717) is 17.7 Å². The molecule has 0 aromatic carbocycles. The van der Waals surface area contributed by atoms with Gasteiger partial charge >= 0.3 is 0 Å². The SMILES string of the molecule is CC(C)CCC(=O)CC1CN(C)CCN1C. The average molecular weight is 226 g/mol. The van der Waals surface area contributed by atoms with E-state index in [0.717, 1.165) is 38.9 Å². The first-order valence-corrected chi connectivity index (χ1v) is 6.39. The van der Waals surface area contributed by atoms with Crippen molar-refractivity contribution in [2.24, 2.45) is 5.92 Å². The maximum Gasteiger partial charge on any atom is 0.134 e. The van der Waals surface area contributed by atoms with Gasteiger partial charge in [0.2, 0.25) is 0 Å². The van der Waals surface area contributed by atoms with Crippen LogP contribution in [0.25, 0.3) is 0 Å². The van der Waals surface area contributed by atoms with E-state index in [-0.39, 0.29) is 0 Å². The second-order valence-corrected chi connectivity index (χ2v) is 5.57. The van der Waals surface area contributed by atoms with Crippen molar-refractivity contribution in [1.82, 2.24) is 9.80 Å². The highest BCUT2D eigenvalue weighted by atomic mass is 16.1. The van der Waals surface area contributed by atoms with Gasteiger partial charge in [-0.05, 0) is 26.4 Å². The standard InChI is InChI=1S/C13H26N2O/c1-11(2)5-6-13(16)9-12-10-14(3)7-8-15(12)4/h11-12H,5-10H2,1-4H3. The fraction of sp³-hybridized carbons (Fsp3) is 0.923. The van der Waals surface area contributed by atoms with Crippen molar-refractivity contribution in [2.75, 3.05) is 33.7 Å². The van der Waals surface area contributed by atoms with Crippen LogP contribution in [0.1, 0.15) is 33.1 Å². The van der Waals surface area contributed by atoms with E-state index >= 15 is 0 Å². The highest BCUT2D eigenvalue weighted by molar-refractivity contribution is 5.79. The van der Waals surface area contributed by atoms with Crippen LogP contribution >= 0.6 is 0 Å². The summed E-state index contributed by atoms with van der Waals surface area (Å²) in [5.74, 6) is 1.07. The third-order valence-electron chi connectivity index (χ3n) is 3.44. The minimum Gasteiger partial charge on any atom is -0.304 e. The Labute approximate surface area is 99.8 Å². The highest BCUT2D eigenvalue weighted by Crippen LogP contribution is 2.13. The molecule has 0 bridgehead atoms. The summed E-state index contributed by atoms with van der Waals surface area (Å²) in [6.45, 7) is 7.58. The number of hydrogen-bond acceptors (Lipinski definition) is 3. The van der Waals surface area contributed by atoms with Crippen molar-refractivity contribution in [3.05, 3.63) is 0 Å². The topological polar surface area (TPSA) is 23.6 Å². The van der Waals surface area contributed by atoms with Crippen LogP contribution in [0.3, 0.4) is 0 Å². The predicted octanol–water partition coefficient (Wildman–Crippen LogP) is 1.63. The van der Waals surface area contributed by atoms with Gasteiger partial charge in [0.05, 0.1) is 0 Å². The van der Waals surface area contributed by atoms with Gasteiger partial charge in [-0.3, -0.25) is 4.79 Å². The van der Waals surface area contributed by atoms with Crippen molar-refractivity contribution in [3.63, 3.8) is 0 Å². The minimum atomic E-state index is 0.429. The molecule has 0 amide bonds. The first-order chi connectivity index (χ1) is 7.49. The lowest BCUT2D eigenvalue weighted by Gasteiger charge is -2.37. The number of carbonyl (C=O) groups is 1. The molecular weight excluding hydrogens is 200 g/mol. The van der Waals surface area contributed by atoms with Gasteiger partial charge < -0.3 is 9.80 Å². The van der Waals surface area contributed by atoms with Gasteiger partial charge in [0.1, 0.15) is 5.78 Å². The average Bonchev–Trinajstić information content (AvgIpc) is 2.20. The molecule has 1 fully saturated rings. The van der Waals surface area contributed by atoms with Gasteiger partial charge in [0.25, 0.3) is 0 Å². The quantitative estimate of drug-likeness (QED) is 0.712. The molecule has 1 aliphatic rings. The normalized spacial score (nSPS) is 23.9. The summed E-state index contributed by atoms with van der Waals surface area (Å²) in [5, 5.41) is 0. The molecule has 1 aliphatic heterocycles. The molecule has 0 radical (unpaired) electrons. The number of Topliss-reactive ketones (excluding diaryl/α,β-unsaturated/α-hetero) is 1. The first kappa shape index (κ1) is 13.7. The molecule has 1 unspecified atom stereocenters. The fourth-order valence-corrected chi connectivity index (χ4v) is 2.14. The summed E-state index contributed by atoms with van der Waals surface area (Å²) in [6.07, 6.45) is 2.52. The lowest BCUT2D eigenvalue weighted by Crippen LogP contribution is -2.50. The monoisotopic (exact) mass is 226 g/mol. The van der Waals surface area contributed by atoms with E-state index in [1.807, 2.05) is 0 Å². The molecule has 0 spiro atoms. The summed E-state index contributed by atoms with van der Waals surface area (Å²) in [4.78, 5) is 16.5. The van der Waals surface area contributed by atoms with Crippen LogP contribution in [0.4, 0.5) is 0 Å². The Kier molecular flexibility index (Phi) is 5.42. The lowest BCUT2D eigenvalue weighted by molar-refractivity contribution is -0.120. The smallest absolute Gasteiger partial charge is 0.134 e. The molecule has 3 nitrogen and oxygen atoms in total. The first-order valence-electron chi connectivity index (χ1n) is 6.39. The van der Waals surface area contributed by atoms with Crippen LogP contribution in [0.5, 0.6) is 0 Å². The molecule has 1 heterocycles. The molecule has 0 N–H and O–H groups in total. The third kappa shape index (κ3) is 4.62. The summed E-state index contributed by atoms with van der Waals surface area (Å²) in [5.41, 5.74) is 0. The third-order valence-corrected chi connectivity index (χ3v) is 3.44. The Morgan fingerprint density at radius 1 is 1.31 bits per heavy atom. The molecule has 1 rings (SSSR count). The second kappa shape index (κ2) is 6.36. The van der Waals surface area contributed by atoms with Crippen LogP contribution in [-0.2, 0) is 4.79 Å². The van der Waals surface area contributed by atoms with E-state index in [2.05, 4.69) is 37.7 Å². The van der Waals surface area contributed by atoms with E-state index in [1.165, 1.54) is 0 Å². The van der Waals surface area contributed by atoms with Gasteiger partial charge in [-0.1, -0.05) is 13.8 Å². The molecule has 94 valence electrons. The summed E-state index contributed by atoms with van der Waals surface area (Å²) < 4.78 is 0. The molecule has 0 saturated carbocycles. The summed E-state index contributed by atoms with van der Waals surface area (Å²) in [7, 11) is 4.27. The number of rotatable bonds is 5. The van der Waals surface area contributed by atoms with Crippen molar-refractivity contribution in [1.29, 1.82) is 0 Å². The van der Waals surface area contributed by atoms with Crippen molar-refractivity contribution < 1.29 is 4.79 Å². The van der Waals surface area contributed by atoms with Crippen LogP contribution in [0.2, 0.25) is 0 Å².